The molecule has 0 spiro atoms. The number of H-pyrrole nitrogens is 1. The van der Waals surface area contributed by atoms with Crippen molar-refractivity contribution >= 4 is 23.7 Å². The number of amides is 3. The van der Waals surface area contributed by atoms with Crippen LogP contribution in [0.1, 0.15) is 50.2 Å². The maximum atomic E-state index is 13.8. The number of nitrogens with one attached hydrogen (secondary N) is 2. The number of hydrogen-bond donors (Lipinski definition) is 2. The molecule has 1 aliphatic rings. The summed E-state index contributed by atoms with van der Waals surface area (Å²) in [6.45, 7) is 4.72. The van der Waals surface area contributed by atoms with Crippen molar-refractivity contribution < 1.29 is 23.9 Å². The lowest BCUT2D eigenvalue weighted by atomic mass is 9.82. The Morgan fingerprint density at radius 3 is 2.03 bits per heavy atom. The number of carbonyl (C=O) groups is 4. The van der Waals surface area contributed by atoms with Crippen LogP contribution in [0.3, 0.4) is 0 Å². The Morgan fingerprint density at radius 1 is 0.941 bits per heavy atom. The minimum absolute atomic E-state index is 0.183. The quantitative estimate of drug-likeness (QED) is 0.319. The maximum absolute atomic E-state index is 13.8. The van der Waals surface area contributed by atoms with Crippen molar-refractivity contribution in [3.63, 3.8) is 0 Å². The van der Waals surface area contributed by atoms with Crippen LogP contribution in [0.5, 0.6) is 0 Å². The fraction of sp³-hybridized carbons (Fsp3) is 0.231. The lowest BCUT2D eigenvalue weighted by Crippen LogP contribution is -2.45. The number of benzene rings is 2. The lowest BCUT2D eigenvalue weighted by molar-refractivity contribution is -0.129. The van der Waals surface area contributed by atoms with Crippen LogP contribution in [0, 0.1) is 13.8 Å². The Hall–Kier alpha value is -4.20. The van der Waals surface area contributed by atoms with E-state index < -0.39 is 35.8 Å². The summed E-state index contributed by atoms with van der Waals surface area (Å²) in [4.78, 5) is 56.1. The molecule has 1 saturated heterocycles. The highest BCUT2D eigenvalue weighted by molar-refractivity contribution is 6.13. The summed E-state index contributed by atoms with van der Waals surface area (Å²) in [6.07, 6.45) is 0. The van der Waals surface area contributed by atoms with E-state index in [0.717, 1.165) is 4.90 Å². The third-order valence-electron chi connectivity index (χ3n) is 6.02. The lowest BCUT2D eigenvalue weighted by Gasteiger charge is -2.28. The average molecular weight is 460 g/mol. The van der Waals surface area contributed by atoms with E-state index in [9.17, 15) is 19.2 Å². The molecular weight excluding hydrogens is 434 g/mol. The number of nitrogens with zero attached hydrogens (tertiary/aromatic N) is 1. The van der Waals surface area contributed by atoms with Crippen LogP contribution in [-0.2, 0) is 15.1 Å². The molecule has 2 heterocycles. The zero-order valence-electron chi connectivity index (χ0n) is 19.2. The molecule has 34 heavy (non-hydrogen) atoms. The van der Waals surface area contributed by atoms with Gasteiger partial charge in [-0.1, -0.05) is 60.7 Å². The van der Waals surface area contributed by atoms with Crippen molar-refractivity contribution in [2.24, 2.45) is 0 Å². The van der Waals surface area contributed by atoms with E-state index in [1.54, 1.807) is 69.3 Å². The molecule has 174 valence electrons. The second kappa shape index (κ2) is 8.97. The fourth-order valence-corrected chi connectivity index (χ4v) is 4.45. The Bertz CT molecular complexity index is 1220. The topological polar surface area (TPSA) is 109 Å². The average Bonchev–Trinajstić information content (AvgIpc) is 3.28. The maximum Gasteiger partial charge on any atom is 0.355 e. The summed E-state index contributed by atoms with van der Waals surface area (Å²) in [7, 11) is 0. The molecular formula is C26H25N3O5. The molecule has 0 radical (unpaired) electrons. The number of ketones is 1. The Morgan fingerprint density at radius 2 is 1.50 bits per heavy atom. The molecule has 1 aromatic heterocycles. The molecule has 2 aromatic carbocycles. The molecule has 0 aliphatic carbocycles. The van der Waals surface area contributed by atoms with Gasteiger partial charge >= 0.3 is 12.0 Å². The van der Waals surface area contributed by atoms with E-state index in [2.05, 4.69) is 10.3 Å². The second-order valence-corrected chi connectivity index (χ2v) is 8.07. The molecule has 3 aromatic rings. The van der Waals surface area contributed by atoms with Crippen molar-refractivity contribution in [1.82, 2.24) is 15.2 Å². The largest absolute Gasteiger partial charge is 0.461 e. The van der Waals surface area contributed by atoms with Crippen molar-refractivity contribution in [2.75, 3.05) is 13.2 Å². The second-order valence-electron chi connectivity index (χ2n) is 8.07. The van der Waals surface area contributed by atoms with Crippen LogP contribution in [0.15, 0.2) is 60.7 Å². The van der Waals surface area contributed by atoms with Gasteiger partial charge in [0.15, 0.2) is 11.3 Å². The van der Waals surface area contributed by atoms with Gasteiger partial charge in [-0.15, -0.1) is 0 Å². The Balaban J connectivity index is 1.70. The number of hydrogen-bond acceptors (Lipinski definition) is 5. The van der Waals surface area contributed by atoms with Gasteiger partial charge in [-0.3, -0.25) is 14.5 Å². The Labute approximate surface area is 196 Å². The predicted molar refractivity (Wildman–Crippen MR) is 124 cm³/mol. The summed E-state index contributed by atoms with van der Waals surface area (Å²) in [6, 6.07) is 17.2. The summed E-state index contributed by atoms with van der Waals surface area (Å²) < 4.78 is 5.04. The van der Waals surface area contributed by atoms with E-state index >= 15 is 0 Å². The molecule has 0 unspecified atom stereocenters. The first-order valence-electron chi connectivity index (χ1n) is 11.0. The minimum atomic E-state index is -1.45. The third kappa shape index (κ3) is 3.67. The van der Waals surface area contributed by atoms with Crippen LogP contribution < -0.4 is 5.32 Å². The van der Waals surface area contributed by atoms with Gasteiger partial charge < -0.3 is 15.0 Å². The van der Waals surface area contributed by atoms with Crippen molar-refractivity contribution in [3.8, 4) is 0 Å². The standard InChI is InChI=1S/C26H25N3O5/c1-4-34-23(31)22-16(2)21(17(3)27-22)20(30)15-29-24(32)26(28-25(29)33,18-11-7-5-8-12-18)19-13-9-6-10-14-19/h5-14,27H,4,15H2,1-3H3,(H,28,33). The molecule has 8 heteroatoms. The van der Waals surface area contributed by atoms with E-state index in [0.29, 0.717) is 22.4 Å². The predicted octanol–water partition coefficient (Wildman–Crippen LogP) is 3.49. The summed E-state index contributed by atoms with van der Waals surface area (Å²) in [5, 5.41) is 2.83. The zero-order chi connectivity index (χ0) is 24.5. The highest BCUT2D eigenvalue weighted by atomic mass is 16.5. The monoisotopic (exact) mass is 459 g/mol. The van der Waals surface area contributed by atoms with E-state index in [-0.39, 0.29) is 17.9 Å². The van der Waals surface area contributed by atoms with Crippen LogP contribution in [0.25, 0.3) is 0 Å². The number of urea groups is 1. The molecule has 4 rings (SSSR count). The highest BCUT2D eigenvalue weighted by Gasteiger charge is 2.54. The Kier molecular flexibility index (Phi) is 6.06. The molecule has 0 saturated carbocycles. The normalized spacial score (nSPS) is 14.7. The van der Waals surface area contributed by atoms with Gasteiger partial charge in [0.2, 0.25) is 0 Å². The molecule has 1 fully saturated rings. The number of aryl methyl sites for hydroxylation is 1. The van der Waals surface area contributed by atoms with Gasteiger partial charge in [-0.05, 0) is 37.5 Å². The van der Waals surface area contributed by atoms with Crippen molar-refractivity contribution in [1.29, 1.82) is 0 Å². The van der Waals surface area contributed by atoms with Gasteiger partial charge in [0.25, 0.3) is 5.91 Å². The van der Waals surface area contributed by atoms with Crippen molar-refractivity contribution in [2.45, 2.75) is 26.3 Å². The molecule has 0 atom stereocenters. The van der Waals surface area contributed by atoms with Crippen LogP contribution >= 0.6 is 0 Å². The van der Waals surface area contributed by atoms with Crippen LogP contribution in [-0.4, -0.2) is 46.7 Å². The highest BCUT2D eigenvalue weighted by Crippen LogP contribution is 2.36. The van der Waals surface area contributed by atoms with Gasteiger partial charge in [0.1, 0.15) is 5.69 Å². The van der Waals surface area contributed by atoms with Gasteiger partial charge in [0, 0.05) is 11.3 Å². The van der Waals surface area contributed by atoms with Gasteiger partial charge in [-0.25, -0.2) is 9.59 Å². The molecule has 3 amide bonds. The molecule has 2 N–H and O–H groups in total. The van der Waals surface area contributed by atoms with E-state index in [4.69, 9.17) is 4.74 Å². The number of aromatic nitrogens is 1. The smallest absolute Gasteiger partial charge is 0.355 e. The first-order chi connectivity index (χ1) is 16.3. The van der Waals surface area contributed by atoms with Gasteiger partial charge in [-0.2, -0.15) is 0 Å². The van der Waals surface area contributed by atoms with Gasteiger partial charge in [0.05, 0.1) is 13.2 Å². The first kappa shape index (κ1) is 23.0. The number of ether oxygens (including phenoxy) is 1. The van der Waals surface area contributed by atoms with Crippen LogP contribution in [0.4, 0.5) is 4.79 Å². The number of esters is 1. The summed E-state index contributed by atoms with van der Waals surface area (Å²) in [5.41, 5.74) is 1.07. The summed E-state index contributed by atoms with van der Waals surface area (Å²) in [5.74, 6) is -1.56. The fourth-order valence-electron chi connectivity index (χ4n) is 4.45. The molecule has 1 aliphatic heterocycles. The number of imide groups is 1. The van der Waals surface area contributed by atoms with Crippen LogP contribution in [0.2, 0.25) is 0 Å². The molecule has 8 nitrogen and oxygen atoms in total. The first-order valence-corrected chi connectivity index (χ1v) is 11.0. The zero-order valence-corrected chi connectivity index (χ0v) is 19.2. The van der Waals surface area contributed by atoms with E-state index in [1.807, 2.05) is 12.1 Å². The number of aromatic amines is 1. The third-order valence-corrected chi connectivity index (χ3v) is 6.02. The SMILES string of the molecule is CCOC(=O)c1[nH]c(C)c(C(=O)CN2C(=O)NC(c3ccccc3)(c3ccccc3)C2=O)c1C. The number of carbonyl (C=O) groups excluding carboxylic acids is 4. The molecule has 0 bridgehead atoms. The summed E-state index contributed by atoms with van der Waals surface area (Å²) >= 11 is 0. The number of rotatable bonds is 7. The van der Waals surface area contributed by atoms with E-state index in [1.165, 1.54) is 0 Å². The van der Waals surface area contributed by atoms with Crippen molar-refractivity contribution in [3.05, 3.63) is 94.3 Å². The number of Topliss-reactive ketones (excluding diaryl/α,β-unsaturated/α-hetero) is 1. The minimum Gasteiger partial charge on any atom is -0.461 e.